The second-order valence-corrected chi connectivity index (χ2v) is 6.93. The fourth-order valence-electron chi connectivity index (χ4n) is 2.35. The fraction of sp³-hybridized carbons (Fsp3) is 0.0526. The summed E-state index contributed by atoms with van der Waals surface area (Å²) in [5.41, 5.74) is 0. The van der Waals surface area contributed by atoms with Gasteiger partial charge >= 0.3 is 0 Å². The summed E-state index contributed by atoms with van der Waals surface area (Å²) < 4.78 is 5.47. The van der Waals surface area contributed by atoms with Gasteiger partial charge in [-0.05, 0) is 36.4 Å². The number of ether oxygens (including phenoxy) is 1. The van der Waals surface area contributed by atoms with Crippen molar-refractivity contribution in [3.05, 3.63) is 84.9 Å². The van der Waals surface area contributed by atoms with E-state index in [1.165, 1.54) is 15.9 Å². The number of methoxy groups -OCH3 is 1. The lowest BCUT2D eigenvalue weighted by atomic mass is 10.3. The minimum atomic E-state index is -1.40. The van der Waals surface area contributed by atoms with E-state index in [1.807, 2.05) is 6.07 Å². The van der Waals surface area contributed by atoms with Crippen molar-refractivity contribution >= 4 is 30.6 Å². The topological polar surface area (TPSA) is 9.23 Å². The molecule has 0 unspecified atom stereocenters. The van der Waals surface area contributed by atoms with Crippen molar-refractivity contribution in [2.24, 2.45) is 0 Å². The van der Waals surface area contributed by atoms with Crippen LogP contribution in [0, 0.1) is 0 Å². The van der Waals surface area contributed by atoms with Crippen LogP contribution in [0.15, 0.2) is 84.9 Å². The third-order valence-corrected chi connectivity index (χ3v) is 5.76. The maximum Gasteiger partial charge on any atom is 0.144 e. The Hall–Kier alpha value is -2.05. The van der Waals surface area contributed by atoms with Gasteiger partial charge in [0.05, 0.1) is 23.0 Å². The molecule has 1 nitrogen and oxygen atoms in total. The van der Waals surface area contributed by atoms with Crippen LogP contribution in [0.4, 0.5) is 0 Å². The van der Waals surface area contributed by atoms with Crippen LogP contribution in [0.1, 0.15) is 0 Å². The summed E-state index contributed by atoms with van der Waals surface area (Å²) >= 11 is 0. The molecule has 0 saturated carbocycles. The lowest BCUT2D eigenvalue weighted by Crippen LogP contribution is -2.31. The van der Waals surface area contributed by atoms with E-state index in [-0.39, 0.29) is 7.57 Å². The molecule has 0 aliphatic rings. The first kappa shape index (κ1) is 14.9. The Labute approximate surface area is 133 Å². The zero-order chi connectivity index (χ0) is 15.4. The monoisotopic (exact) mass is 306 g/mol. The summed E-state index contributed by atoms with van der Waals surface area (Å²) in [4.78, 5) is 0. The summed E-state index contributed by atoms with van der Waals surface area (Å²) in [6, 6.07) is 30.7. The molecule has 22 heavy (non-hydrogen) atoms. The lowest BCUT2D eigenvalue weighted by Gasteiger charge is -2.30. The van der Waals surface area contributed by atoms with Gasteiger partial charge in [-0.2, -0.15) is 0 Å². The molecule has 0 fully saturated rings. The largest absolute Gasteiger partial charge is 0.497 e. The maximum absolute atomic E-state index is 5.47. The lowest BCUT2D eigenvalue weighted by molar-refractivity contribution is 0.415. The molecule has 0 aliphatic heterocycles. The number of hydrogen-bond acceptors (Lipinski definition) is 1. The van der Waals surface area contributed by atoms with Crippen molar-refractivity contribution in [2.45, 2.75) is 0 Å². The molecule has 0 spiro atoms. The summed E-state index contributed by atoms with van der Waals surface area (Å²) in [5.74, 6) is 0.953. The standard InChI is InChI=1S/C19H20BOP/c1-21-16-9-8-14-19(15-16)22(20,17-10-4-2-5-11-17)18-12-6-3-7-13-18/h2-15H,1,20H3. The van der Waals surface area contributed by atoms with Crippen LogP contribution in [-0.4, -0.2) is 14.7 Å². The summed E-state index contributed by atoms with van der Waals surface area (Å²) in [6.45, 7) is 0. The van der Waals surface area contributed by atoms with Crippen molar-refractivity contribution in [3.63, 3.8) is 0 Å². The quantitative estimate of drug-likeness (QED) is 0.531. The Kier molecular flexibility index (Phi) is 4.31. The second kappa shape index (κ2) is 6.38. The normalized spacial score (nSPS) is 11.2. The number of hydrogen-bond donors (Lipinski definition) is 0. The molecule has 0 aromatic heterocycles. The smallest absolute Gasteiger partial charge is 0.144 e. The third-order valence-electron chi connectivity index (χ3n) is 3.34. The molecule has 0 N–H and O–H groups in total. The molecule has 3 aromatic rings. The Morgan fingerprint density at radius 3 is 1.68 bits per heavy atom. The van der Waals surface area contributed by atoms with E-state index >= 15 is 0 Å². The van der Waals surface area contributed by atoms with Gasteiger partial charge in [-0.1, -0.05) is 49.6 Å². The molecule has 0 atom stereocenters. The van der Waals surface area contributed by atoms with Crippen LogP contribution < -0.4 is 20.7 Å². The Bertz CT molecular complexity index is 704. The first-order chi connectivity index (χ1) is 10.7. The Morgan fingerprint density at radius 1 is 0.682 bits per heavy atom. The SMILES string of the molecule is [BH3-][P+](c1ccccc1)(c1ccccc1)c1cccc(OC)c1. The van der Waals surface area contributed by atoms with Crippen molar-refractivity contribution < 1.29 is 4.74 Å². The molecule has 3 heteroatoms. The molecule has 0 saturated heterocycles. The van der Waals surface area contributed by atoms with Gasteiger partial charge in [-0.3, -0.25) is 0 Å². The molecule has 0 aliphatic carbocycles. The van der Waals surface area contributed by atoms with E-state index < -0.39 is 7.14 Å². The van der Waals surface area contributed by atoms with E-state index in [0.717, 1.165) is 5.75 Å². The Morgan fingerprint density at radius 2 is 1.18 bits per heavy atom. The molecule has 110 valence electrons. The minimum absolute atomic E-state index is 0.0515. The van der Waals surface area contributed by atoms with Crippen molar-refractivity contribution in [1.82, 2.24) is 0 Å². The molecule has 3 aromatic carbocycles. The first-order valence-electron chi connectivity index (χ1n) is 6.93. The molecule has 0 amide bonds. The van der Waals surface area contributed by atoms with Gasteiger partial charge in [0.2, 0.25) is 0 Å². The van der Waals surface area contributed by atoms with Gasteiger partial charge in [-0.15, -0.1) is 0 Å². The summed E-state index contributed by atoms with van der Waals surface area (Å²) in [5, 5.41) is 4.44. The summed E-state index contributed by atoms with van der Waals surface area (Å²) in [7, 11) is 0.398. The third kappa shape index (κ3) is 2.67. The molecular weight excluding hydrogens is 286 g/mol. The Balaban J connectivity index is 2.23. The highest BCUT2D eigenvalue weighted by Gasteiger charge is 2.33. The maximum atomic E-state index is 5.47. The number of rotatable bonds is 4. The molecule has 3 rings (SSSR count). The molecule has 0 bridgehead atoms. The van der Waals surface area contributed by atoms with Crippen LogP contribution in [0.3, 0.4) is 0 Å². The average Bonchev–Trinajstić information content (AvgIpc) is 2.62. The molecule has 0 radical (unpaired) electrons. The average molecular weight is 306 g/mol. The van der Waals surface area contributed by atoms with E-state index in [2.05, 4.69) is 78.9 Å². The molecule has 0 heterocycles. The van der Waals surface area contributed by atoms with Crippen LogP contribution in [0.2, 0.25) is 0 Å². The van der Waals surface area contributed by atoms with Gasteiger partial charge < -0.3 is 4.74 Å². The van der Waals surface area contributed by atoms with E-state index in [4.69, 9.17) is 4.74 Å². The van der Waals surface area contributed by atoms with Crippen LogP contribution in [0.25, 0.3) is 0 Å². The van der Waals surface area contributed by atoms with Crippen molar-refractivity contribution in [3.8, 4) is 5.75 Å². The predicted molar refractivity (Wildman–Crippen MR) is 102 cm³/mol. The number of benzene rings is 3. The van der Waals surface area contributed by atoms with Crippen molar-refractivity contribution in [1.29, 1.82) is 0 Å². The minimum Gasteiger partial charge on any atom is -0.497 e. The van der Waals surface area contributed by atoms with Crippen LogP contribution >= 0.6 is 7.14 Å². The highest BCUT2D eigenvalue weighted by Crippen LogP contribution is 2.50. The molecular formula is C19H20BOP. The first-order valence-corrected chi connectivity index (χ1v) is 8.27. The van der Waals surface area contributed by atoms with Crippen LogP contribution in [-0.2, 0) is 0 Å². The zero-order valence-electron chi connectivity index (χ0n) is 11.9. The van der Waals surface area contributed by atoms with Gasteiger partial charge in [0.25, 0.3) is 0 Å². The predicted octanol–water partition coefficient (Wildman–Crippen LogP) is 2.27. The highest BCUT2D eigenvalue weighted by molar-refractivity contribution is 8.13. The van der Waals surface area contributed by atoms with E-state index in [1.54, 1.807) is 7.11 Å². The van der Waals surface area contributed by atoms with Gasteiger partial charge in [0.15, 0.2) is 0 Å². The van der Waals surface area contributed by atoms with E-state index in [9.17, 15) is 0 Å². The van der Waals surface area contributed by atoms with Gasteiger partial charge in [0, 0.05) is 6.07 Å². The van der Waals surface area contributed by atoms with Crippen LogP contribution in [0.5, 0.6) is 5.75 Å². The van der Waals surface area contributed by atoms with Gasteiger partial charge in [0.1, 0.15) is 13.3 Å². The van der Waals surface area contributed by atoms with Crippen molar-refractivity contribution in [2.75, 3.05) is 7.11 Å². The second-order valence-electron chi connectivity index (χ2n) is 4.71. The van der Waals surface area contributed by atoms with E-state index in [0.29, 0.717) is 0 Å². The highest BCUT2D eigenvalue weighted by atomic mass is 31.2. The van der Waals surface area contributed by atoms with Gasteiger partial charge in [-0.25, -0.2) is 0 Å². The summed E-state index contributed by atoms with van der Waals surface area (Å²) in [6.07, 6.45) is 0. The zero-order valence-corrected chi connectivity index (χ0v) is 12.8. The fourth-order valence-corrected chi connectivity index (χ4v) is 4.68.